The fraction of sp³-hybridized carbons (Fsp3) is 0.389. The number of hydrogen-bond acceptors (Lipinski definition) is 8. The predicted octanol–water partition coefficient (Wildman–Crippen LogP) is -0.0906. The highest BCUT2D eigenvalue weighted by molar-refractivity contribution is 6.08. The van der Waals surface area contributed by atoms with E-state index in [1.165, 1.54) is 10.8 Å². The van der Waals surface area contributed by atoms with E-state index in [0.717, 1.165) is 28.4 Å². The molecule has 2 atom stereocenters. The Balaban J connectivity index is 2.99. The number of rotatable bonds is 4. The van der Waals surface area contributed by atoms with Gasteiger partial charge in [0.25, 0.3) is 6.04 Å². The summed E-state index contributed by atoms with van der Waals surface area (Å²) in [6.45, 7) is 1.70. The molecule has 0 aliphatic carbocycles. The topological polar surface area (TPSA) is 109 Å². The van der Waals surface area contributed by atoms with Gasteiger partial charge in [-0.05, 0) is 13.0 Å². The number of carbonyl (C=O) groups is 4. The Morgan fingerprint density at radius 2 is 1.41 bits per heavy atom. The third-order valence-corrected chi connectivity index (χ3v) is 4.35. The largest absolute Gasteiger partial charge is 0.468 e. The molecule has 0 saturated carbocycles. The minimum absolute atomic E-state index is 0.313. The molecule has 1 aliphatic rings. The van der Waals surface area contributed by atoms with Gasteiger partial charge in [-0.15, -0.1) is 0 Å². The molecule has 9 heteroatoms. The number of aryl methyl sites for hydroxylation is 1. The maximum absolute atomic E-state index is 12.6. The van der Waals surface area contributed by atoms with E-state index in [4.69, 9.17) is 18.9 Å². The van der Waals surface area contributed by atoms with Gasteiger partial charge in [0.15, 0.2) is 12.1 Å². The first kappa shape index (κ1) is 20.1. The molecule has 0 bridgehead atoms. The summed E-state index contributed by atoms with van der Waals surface area (Å²) in [7, 11) is 4.51. The Labute approximate surface area is 155 Å². The maximum atomic E-state index is 12.6. The summed E-state index contributed by atoms with van der Waals surface area (Å²) < 4.78 is 20.6. The SMILES string of the molecule is COC(=O)C1=C(C(=O)OC)C(C(=O)OC)[n+]2cccc(C)c2C1C(=O)OC. The number of hydrogen-bond donors (Lipinski definition) is 0. The van der Waals surface area contributed by atoms with E-state index >= 15 is 0 Å². The summed E-state index contributed by atoms with van der Waals surface area (Å²) >= 11 is 0. The molecule has 0 amide bonds. The van der Waals surface area contributed by atoms with Crippen LogP contribution < -0.4 is 4.57 Å². The van der Waals surface area contributed by atoms with Gasteiger partial charge in [-0.2, -0.15) is 4.57 Å². The molecule has 144 valence electrons. The second-order valence-electron chi connectivity index (χ2n) is 5.68. The van der Waals surface area contributed by atoms with E-state index < -0.39 is 35.8 Å². The molecular formula is C18H20NO8+. The van der Waals surface area contributed by atoms with Gasteiger partial charge in [-0.25, -0.2) is 14.4 Å². The first-order valence-electron chi connectivity index (χ1n) is 7.90. The fourth-order valence-electron chi connectivity index (χ4n) is 3.19. The molecule has 2 heterocycles. The van der Waals surface area contributed by atoms with Crippen molar-refractivity contribution in [1.29, 1.82) is 0 Å². The Hall–Kier alpha value is -3.23. The van der Waals surface area contributed by atoms with Crippen LogP contribution in [0.15, 0.2) is 29.5 Å². The third-order valence-electron chi connectivity index (χ3n) is 4.35. The second kappa shape index (κ2) is 7.98. The van der Waals surface area contributed by atoms with Gasteiger partial charge in [-0.1, -0.05) is 0 Å². The highest BCUT2D eigenvalue weighted by Crippen LogP contribution is 2.37. The van der Waals surface area contributed by atoms with Crippen LogP contribution in [0.3, 0.4) is 0 Å². The maximum Gasteiger partial charge on any atom is 0.381 e. The van der Waals surface area contributed by atoms with Gasteiger partial charge >= 0.3 is 23.9 Å². The van der Waals surface area contributed by atoms with E-state index in [9.17, 15) is 19.2 Å². The normalized spacial score (nSPS) is 18.3. The summed E-state index contributed by atoms with van der Waals surface area (Å²) in [6, 6.07) is 2.02. The van der Waals surface area contributed by atoms with Crippen LogP contribution in [0.1, 0.15) is 23.2 Å². The molecular weight excluding hydrogens is 358 g/mol. The summed E-state index contributed by atoms with van der Waals surface area (Å²) in [5.74, 6) is -4.78. The van der Waals surface area contributed by atoms with E-state index in [1.807, 2.05) is 0 Å². The zero-order chi connectivity index (χ0) is 20.3. The van der Waals surface area contributed by atoms with E-state index in [2.05, 4.69) is 0 Å². The van der Waals surface area contributed by atoms with Crippen molar-refractivity contribution < 1.29 is 42.7 Å². The zero-order valence-corrected chi connectivity index (χ0v) is 15.6. The first-order valence-corrected chi connectivity index (χ1v) is 7.90. The minimum atomic E-state index is -1.33. The Kier molecular flexibility index (Phi) is 5.94. The zero-order valence-electron chi connectivity index (χ0n) is 15.6. The van der Waals surface area contributed by atoms with Crippen molar-refractivity contribution in [3.63, 3.8) is 0 Å². The van der Waals surface area contributed by atoms with Gasteiger partial charge in [-0.3, -0.25) is 4.79 Å². The quantitative estimate of drug-likeness (QED) is 0.406. The van der Waals surface area contributed by atoms with Crippen LogP contribution in [0.2, 0.25) is 0 Å². The van der Waals surface area contributed by atoms with Crippen molar-refractivity contribution in [2.24, 2.45) is 0 Å². The van der Waals surface area contributed by atoms with Gasteiger partial charge < -0.3 is 18.9 Å². The number of ether oxygens (including phenoxy) is 4. The summed E-state index contributed by atoms with van der Waals surface area (Å²) in [5.41, 5.74) is 0.260. The molecule has 1 aliphatic heterocycles. The van der Waals surface area contributed by atoms with E-state index in [1.54, 1.807) is 19.1 Å². The van der Waals surface area contributed by atoms with Gasteiger partial charge in [0, 0.05) is 11.6 Å². The Bertz CT molecular complexity index is 842. The molecule has 0 spiro atoms. The number of pyridine rings is 1. The van der Waals surface area contributed by atoms with Crippen molar-refractivity contribution in [1.82, 2.24) is 0 Å². The lowest BCUT2D eigenvalue weighted by Gasteiger charge is -2.27. The molecule has 1 aromatic rings. The number of fused-ring (bicyclic) bond motifs is 1. The van der Waals surface area contributed by atoms with Crippen molar-refractivity contribution >= 4 is 23.9 Å². The molecule has 0 saturated heterocycles. The second-order valence-corrected chi connectivity index (χ2v) is 5.68. The van der Waals surface area contributed by atoms with Crippen LogP contribution in [0.5, 0.6) is 0 Å². The van der Waals surface area contributed by atoms with Crippen molar-refractivity contribution in [3.8, 4) is 0 Å². The lowest BCUT2D eigenvalue weighted by molar-refractivity contribution is -0.711. The average molecular weight is 378 g/mol. The number of methoxy groups -OCH3 is 4. The van der Waals surface area contributed by atoms with Gasteiger partial charge in [0.05, 0.1) is 34.0 Å². The van der Waals surface area contributed by atoms with Crippen molar-refractivity contribution in [2.45, 2.75) is 18.9 Å². The predicted molar refractivity (Wildman–Crippen MR) is 88.2 cm³/mol. The van der Waals surface area contributed by atoms with E-state index in [-0.39, 0.29) is 11.1 Å². The number of carbonyl (C=O) groups excluding carboxylic acids is 4. The molecule has 0 radical (unpaired) electrons. The summed E-state index contributed by atoms with van der Waals surface area (Å²) in [5, 5.41) is 0. The molecule has 0 N–H and O–H groups in total. The first-order chi connectivity index (χ1) is 12.8. The third kappa shape index (κ3) is 3.27. The Morgan fingerprint density at radius 3 is 1.93 bits per heavy atom. The van der Waals surface area contributed by atoms with Gasteiger partial charge in [0.1, 0.15) is 5.57 Å². The van der Waals surface area contributed by atoms with Crippen molar-refractivity contribution in [2.75, 3.05) is 28.4 Å². The molecule has 2 rings (SSSR count). The standard InChI is InChI=1S/C18H20NO8/c1-9-7-6-8-19-13(9)11(16(21)25-3)10(15(20)24-2)12(17(22)26-4)14(19)18(23)27-5/h6-8,11,14H,1-5H3/q+1. The molecule has 2 unspecified atom stereocenters. The highest BCUT2D eigenvalue weighted by Gasteiger charge is 2.54. The summed E-state index contributed by atoms with van der Waals surface area (Å²) in [4.78, 5) is 50.2. The minimum Gasteiger partial charge on any atom is -0.468 e. The van der Waals surface area contributed by atoms with Crippen LogP contribution in [0.4, 0.5) is 0 Å². The van der Waals surface area contributed by atoms with Crippen LogP contribution in [0.25, 0.3) is 0 Å². The number of esters is 4. The van der Waals surface area contributed by atoms with Crippen molar-refractivity contribution in [3.05, 3.63) is 40.7 Å². The monoisotopic (exact) mass is 378 g/mol. The number of nitrogens with zero attached hydrogens (tertiary/aromatic N) is 1. The van der Waals surface area contributed by atoms with Gasteiger partial charge in [0.2, 0.25) is 5.69 Å². The fourth-order valence-corrected chi connectivity index (χ4v) is 3.19. The molecule has 0 fully saturated rings. The highest BCUT2D eigenvalue weighted by atomic mass is 16.5. The Morgan fingerprint density at radius 1 is 0.852 bits per heavy atom. The lowest BCUT2D eigenvalue weighted by Crippen LogP contribution is -2.56. The molecule has 0 aromatic carbocycles. The smallest absolute Gasteiger partial charge is 0.381 e. The molecule has 27 heavy (non-hydrogen) atoms. The lowest BCUT2D eigenvalue weighted by atomic mass is 9.82. The van der Waals surface area contributed by atoms with Crippen LogP contribution in [0, 0.1) is 6.92 Å². The van der Waals surface area contributed by atoms with E-state index in [0.29, 0.717) is 11.3 Å². The van der Waals surface area contributed by atoms with Crippen LogP contribution in [-0.4, -0.2) is 52.3 Å². The number of aromatic nitrogens is 1. The molecule has 1 aromatic heterocycles. The summed E-state index contributed by atoms with van der Waals surface area (Å²) in [6.07, 6.45) is 1.51. The van der Waals surface area contributed by atoms with Crippen LogP contribution >= 0.6 is 0 Å². The average Bonchev–Trinajstić information content (AvgIpc) is 2.69. The molecule has 9 nitrogen and oxygen atoms in total. The van der Waals surface area contributed by atoms with Crippen LogP contribution in [-0.2, 0) is 38.1 Å².